The number of nitriles is 1. The van der Waals surface area contributed by atoms with E-state index in [0.717, 1.165) is 5.56 Å². The van der Waals surface area contributed by atoms with Gasteiger partial charge < -0.3 is 5.11 Å². The minimum Gasteiger partial charge on any atom is -0.494 e. The Bertz CT molecular complexity index is 667. The fourth-order valence-electron chi connectivity index (χ4n) is 1.89. The van der Waals surface area contributed by atoms with Gasteiger partial charge in [-0.2, -0.15) is 5.26 Å². The van der Waals surface area contributed by atoms with Crippen LogP contribution in [-0.2, 0) is 6.54 Å². The molecule has 0 radical (unpaired) electrons. The molecule has 0 atom stereocenters. The van der Waals surface area contributed by atoms with Crippen molar-refractivity contribution in [2.75, 3.05) is 0 Å². The topological polar surface area (TPSA) is 66.0 Å². The van der Waals surface area contributed by atoms with E-state index in [-0.39, 0.29) is 11.4 Å². The van der Waals surface area contributed by atoms with Crippen LogP contribution in [0.15, 0.2) is 41.2 Å². The summed E-state index contributed by atoms with van der Waals surface area (Å²) in [4.78, 5) is 12.0. The van der Waals surface area contributed by atoms with Crippen molar-refractivity contribution in [3.05, 3.63) is 52.3 Å². The van der Waals surface area contributed by atoms with Crippen LogP contribution in [0.4, 0.5) is 0 Å². The maximum atomic E-state index is 12.0. The molecular formula is C14H12N2O2. The number of hydrogen-bond acceptors (Lipinski definition) is 3. The van der Waals surface area contributed by atoms with Crippen molar-refractivity contribution in [1.82, 2.24) is 4.57 Å². The van der Waals surface area contributed by atoms with Crippen molar-refractivity contribution in [3.8, 4) is 23.1 Å². The van der Waals surface area contributed by atoms with Gasteiger partial charge in [0, 0.05) is 18.2 Å². The Morgan fingerprint density at radius 3 is 2.56 bits per heavy atom. The molecule has 4 heteroatoms. The smallest absolute Gasteiger partial charge is 0.271 e. The first-order valence-corrected chi connectivity index (χ1v) is 5.61. The van der Waals surface area contributed by atoms with Gasteiger partial charge in [-0.15, -0.1) is 0 Å². The van der Waals surface area contributed by atoms with Gasteiger partial charge in [0.25, 0.3) is 5.56 Å². The molecule has 2 rings (SSSR count). The highest BCUT2D eigenvalue weighted by atomic mass is 16.3. The summed E-state index contributed by atoms with van der Waals surface area (Å²) in [6, 6.07) is 12.5. The SMILES string of the molecule is CCn1c(O)cc(-c2ccccc2)c(C#N)c1=O. The van der Waals surface area contributed by atoms with Crippen LogP contribution < -0.4 is 5.56 Å². The van der Waals surface area contributed by atoms with Crippen LogP contribution in [0.25, 0.3) is 11.1 Å². The molecule has 0 fully saturated rings. The minimum atomic E-state index is -0.459. The third-order valence-electron chi connectivity index (χ3n) is 2.79. The lowest BCUT2D eigenvalue weighted by Gasteiger charge is -2.10. The summed E-state index contributed by atoms with van der Waals surface area (Å²) in [5, 5.41) is 18.9. The standard InChI is InChI=1S/C14H12N2O2/c1-2-16-13(17)8-11(12(9-15)14(16)18)10-6-4-3-5-7-10/h3-8,17H,2H2,1H3. The van der Waals surface area contributed by atoms with E-state index < -0.39 is 5.56 Å². The van der Waals surface area contributed by atoms with Gasteiger partial charge in [-0.1, -0.05) is 30.3 Å². The van der Waals surface area contributed by atoms with Crippen LogP contribution in [0.2, 0.25) is 0 Å². The first-order chi connectivity index (χ1) is 8.69. The van der Waals surface area contributed by atoms with Crippen molar-refractivity contribution in [3.63, 3.8) is 0 Å². The maximum absolute atomic E-state index is 12.0. The average Bonchev–Trinajstić information content (AvgIpc) is 2.39. The second kappa shape index (κ2) is 4.76. The molecule has 0 amide bonds. The second-order valence-corrected chi connectivity index (χ2v) is 3.82. The molecule has 18 heavy (non-hydrogen) atoms. The first-order valence-electron chi connectivity index (χ1n) is 5.61. The lowest BCUT2D eigenvalue weighted by molar-refractivity contribution is 0.411. The first kappa shape index (κ1) is 11.9. The Morgan fingerprint density at radius 1 is 1.33 bits per heavy atom. The van der Waals surface area contributed by atoms with E-state index in [4.69, 9.17) is 5.26 Å². The van der Waals surface area contributed by atoms with Gasteiger partial charge in [-0.05, 0) is 12.5 Å². The Hall–Kier alpha value is -2.54. The summed E-state index contributed by atoms with van der Waals surface area (Å²) < 4.78 is 1.17. The normalized spacial score (nSPS) is 10.0. The maximum Gasteiger partial charge on any atom is 0.271 e. The lowest BCUT2D eigenvalue weighted by atomic mass is 10.0. The zero-order valence-corrected chi connectivity index (χ0v) is 9.92. The Morgan fingerprint density at radius 2 is 2.00 bits per heavy atom. The third kappa shape index (κ3) is 1.87. The molecule has 0 aliphatic carbocycles. The van der Waals surface area contributed by atoms with E-state index in [2.05, 4.69) is 0 Å². The summed E-state index contributed by atoms with van der Waals surface area (Å²) >= 11 is 0. The summed E-state index contributed by atoms with van der Waals surface area (Å²) in [5.74, 6) is -0.125. The number of aromatic nitrogens is 1. The van der Waals surface area contributed by atoms with Gasteiger partial charge in [-0.25, -0.2) is 0 Å². The molecule has 0 unspecified atom stereocenters. The van der Waals surface area contributed by atoms with E-state index in [1.807, 2.05) is 24.3 Å². The molecule has 0 saturated heterocycles. The van der Waals surface area contributed by atoms with E-state index in [9.17, 15) is 9.90 Å². The molecule has 0 bridgehead atoms. The lowest BCUT2D eigenvalue weighted by Crippen LogP contribution is -2.22. The fraction of sp³-hybridized carbons (Fsp3) is 0.143. The van der Waals surface area contributed by atoms with Crippen LogP contribution in [0.3, 0.4) is 0 Å². The predicted octanol–water partition coefficient (Wildman–Crippen LogP) is 2.11. The number of aromatic hydroxyl groups is 1. The highest BCUT2D eigenvalue weighted by molar-refractivity contribution is 5.70. The van der Waals surface area contributed by atoms with E-state index >= 15 is 0 Å². The Balaban J connectivity index is 2.78. The van der Waals surface area contributed by atoms with Crippen LogP contribution in [0, 0.1) is 11.3 Å². The van der Waals surface area contributed by atoms with Gasteiger partial charge in [0.05, 0.1) is 0 Å². The molecular weight excluding hydrogens is 228 g/mol. The van der Waals surface area contributed by atoms with E-state index in [1.165, 1.54) is 10.6 Å². The van der Waals surface area contributed by atoms with Crippen LogP contribution in [0.5, 0.6) is 5.88 Å². The molecule has 0 saturated carbocycles. The van der Waals surface area contributed by atoms with E-state index in [0.29, 0.717) is 12.1 Å². The highest BCUT2D eigenvalue weighted by Gasteiger charge is 2.14. The Kier molecular flexibility index (Phi) is 3.16. The Labute approximate surface area is 104 Å². The molecule has 90 valence electrons. The number of benzene rings is 1. The van der Waals surface area contributed by atoms with Gasteiger partial charge >= 0.3 is 0 Å². The van der Waals surface area contributed by atoms with Crippen LogP contribution >= 0.6 is 0 Å². The number of nitrogens with zero attached hydrogens (tertiary/aromatic N) is 2. The average molecular weight is 240 g/mol. The van der Waals surface area contributed by atoms with Crippen molar-refractivity contribution in [1.29, 1.82) is 5.26 Å². The molecule has 1 N–H and O–H groups in total. The zero-order valence-electron chi connectivity index (χ0n) is 9.92. The van der Waals surface area contributed by atoms with Crippen molar-refractivity contribution in [2.24, 2.45) is 0 Å². The largest absolute Gasteiger partial charge is 0.494 e. The minimum absolute atomic E-state index is 0.0563. The summed E-state index contributed by atoms with van der Waals surface area (Å²) in [6.07, 6.45) is 0. The quantitative estimate of drug-likeness (QED) is 0.874. The van der Waals surface area contributed by atoms with Crippen molar-refractivity contribution >= 4 is 0 Å². The fourth-order valence-corrected chi connectivity index (χ4v) is 1.89. The van der Waals surface area contributed by atoms with Gasteiger partial charge in [-0.3, -0.25) is 9.36 Å². The number of pyridine rings is 1. The molecule has 2 aromatic rings. The third-order valence-corrected chi connectivity index (χ3v) is 2.79. The monoisotopic (exact) mass is 240 g/mol. The van der Waals surface area contributed by atoms with Gasteiger partial charge in [0.15, 0.2) is 5.88 Å². The summed E-state index contributed by atoms with van der Waals surface area (Å²) in [6.45, 7) is 2.07. The molecule has 0 aliphatic rings. The summed E-state index contributed by atoms with van der Waals surface area (Å²) in [5.41, 5.74) is 0.801. The van der Waals surface area contributed by atoms with Gasteiger partial charge in [0.2, 0.25) is 0 Å². The van der Waals surface area contributed by atoms with Gasteiger partial charge in [0.1, 0.15) is 11.6 Å². The van der Waals surface area contributed by atoms with E-state index in [1.54, 1.807) is 19.1 Å². The van der Waals surface area contributed by atoms with Crippen molar-refractivity contribution in [2.45, 2.75) is 13.5 Å². The number of hydrogen-bond donors (Lipinski definition) is 1. The molecule has 0 spiro atoms. The molecule has 1 aromatic heterocycles. The number of rotatable bonds is 2. The molecule has 0 aliphatic heterocycles. The summed E-state index contributed by atoms with van der Waals surface area (Å²) in [7, 11) is 0. The van der Waals surface area contributed by atoms with Crippen LogP contribution in [0.1, 0.15) is 12.5 Å². The molecule has 1 aromatic carbocycles. The predicted molar refractivity (Wildman–Crippen MR) is 68.2 cm³/mol. The van der Waals surface area contributed by atoms with Crippen LogP contribution in [-0.4, -0.2) is 9.67 Å². The molecule has 4 nitrogen and oxygen atoms in total. The van der Waals surface area contributed by atoms with Crippen molar-refractivity contribution < 1.29 is 5.11 Å². The second-order valence-electron chi connectivity index (χ2n) is 3.82. The zero-order chi connectivity index (χ0) is 13.1. The molecule has 1 heterocycles. The highest BCUT2D eigenvalue weighted by Crippen LogP contribution is 2.24.